The lowest BCUT2D eigenvalue weighted by atomic mass is 10.0. The van der Waals surface area contributed by atoms with Gasteiger partial charge in [-0.2, -0.15) is 0 Å². The lowest BCUT2D eigenvalue weighted by molar-refractivity contribution is 0.0992. The van der Waals surface area contributed by atoms with Gasteiger partial charge in [-0.1, -0.05) is 42.5 Å². The molecule has 3 aromatic carbocycles. The number of para-hydroxylation sites is 1. The number of ether oxygens (including phenoxy) is 1. The standard InChI is InChI=1S/C23H19NO3/c1-26-13-18-16-6-2-3-8-20(16)27-22(18)23(25)24-19-12-11-15-10-9-14-5-4-7-17(19)21(14)15/h2-8,11-12H,9-10,13H2,1H3,(H,24,25). The Bertz CT molecular complexity index is 1180. The van der Waals surface area contributed by atoms with Gasteiger partial charge in [0, 0.05) is 29.1 Å². The van der Waals surface area contributed by atoms with E-state index < -0.39 is 0 Å². The van der Waals surface area contributed by atoms with Crippen molar-refractivity contribution < 1.29 is 13.9 Å². The number of hydrogen-bond acceptors (Lipinski definition) is 3. The van der Waals surface area contributed by atoms with Crippen molar-refractivity contribution in [1.29, 1.82) is 0 Å². The third-order valence-corrected chi connectivity index (χ3v) is 5.32. The number of methoxy groups -OCH3 is 1. The van der Waals surface area contributed by atoms with Gasteiger partial charge in [-0.05, 0) is 41.5 Å². The molecule has 0 spiro atoms. The highest BCUT2D eigenvalue weighted by molar-refractivity contribution is 6.11. The molecule has 4 aromatic rings. The largest absolute Gasteiger partial charge is 0.451 e. The summed E-state index contributed by atoms with van der Waals surface area (Å²) in [5.41, 5.74) is 4.97. The molecule has 134 valence electrons. The van der Waals surface area contributed by atoms with Gasteiger partial charge in [-0.15, -0.1) is 0 Å². The predicted molar refractivity (Wildman–Crippen MR) is 106 cm³/mol. The number of amides is 1. The van der Waals surface area contributed by atoms with Crippen LogP contribution < -0.4 is 5.32 Å². The Labute approximate surface area is 156 Å². The van der Waals surface area contributed by atoms with Gasteiger partial charge < -0.3 is 14.5 Å². The summed E-state index contributed by atoms with van der Waals surface area (Å²) in [5.74, 6) is 0.0539. The van der Waals surface area contributed by atoms with Crippen LogP contribution in [-0.2, 0) is 24.2 Å². The lowest BCUT2D eigenvalue weighted by Gasteiger charge is -2.10. The highest BCUT2D eigenvalue weighted by atomic mass is 16.5. The summed E-state index contributed by atoms with van der Waals surface area (Å²) in [6.45, 7) is 0.323. The number of rotatable bonds is 4. The van der Waals surface area contributed by atoms with E-state index >= 15 is 0 Å². The van der Waals surface area contributed by atoms with Crippen molar-refractivity contribution in [2.45, 2.75) is 19.4 Å². The van der Waals surface area contributed by atoms with E-state index in [9.17, 15) is 4.79 Å². The van der Waals surface area contributed by atoms with Gasteiger partial charge in [0.25, 0.3) is 5.91 Å². The van der Waals surface area contributed by atoms with Crippen LogP contribution >= 0.6 is 0 Å². The molecule has 0 saturated carbocycles. The van der Waals surface area contributed by atoms with Gasteiger partial charge in [0.2, 0.25) is 0 Å². The maximum Gasteiger partial charge on any atom is 0.291 e. The lowest BCUT2D eigenvalue weighted by Crippen LogP contribution is -2.13. The van der Waals surface area contributed by atoms with Crippen molar-refractivity contribution >= 4 is 33.3 Å². The zero-order valence-corrected chi connectivity index (χ0v) is 15.0. The number of hydrogen-bond donors (Lipinski definition) is 1. The third kappa shape index (κ3) is 2.53. The number of anilines is 1. The Balaban J connectivity index is 1.58. The second-order valence-corrected chi connectivity index (χ2v) is 6.90. The molecule has 1 aromatic heterocycles. The average molecular weight is 357 g/mol. The maximum atomic E-state index is 13.0. The highest BCUT2D eigenvalue weighted by Gasteiger charge is 2.22. The van der Waals surface area contributed by atoms with E-state index in [1.165, 1.54) is 16.5 Å². The van der Waals surface area contributed by atoms with E-state index in [0.717, 1.165) is 34.9 Å². The van der Waals surface area contributed by atoms with Gasteiger partial charge in [0.1, 0.15) is 5.58 Å². The monoisotopic (exact) mass is 357 g/mol. The molecule has 1 aliphatic rings. The van der Waals surface area contributed by atoms with Crippen LogP contribution in [0.4, 0.5) is 5.69 Å². The van der Waals surface area contributed by atoms with Crippen LogP contribution in [0.25, 0.3) is 21.7 Å². The zero-order valence-electron chi connectivity index (χ0n) is 15.0. The first-order valence-corrected chi connectivity index (χ1v) is 9.10. The van der Waals surface area contributed by atoms with Gasteiger partial charge in [0.15, 0.2) is 5.76 Å². The SMILES string of the molecule is COCc1c(C(=O)Nc2ccc3c4c(cccc24)CC3)oc2ccccc12. The third-order valence-electron chi connectivity index (χ3n) is 5.32. The second-order valence-electron chi connectivity index (χ2n) is 6.90. The van der Waals surface area contributed by atoms with Crippen molar-refractivity contribution in [1.82, 2.24) is 0 Å². The Morgan fingerprint density at radius 2 is 1.78 bits per heavy atom. The number of fused-ring (bicyclic) bond motifs is 1. The normalized spacial score (nSPS) is 12.8. The fraction of sp³-hybridized carbons (Fsp3) is 0.174. The van der Waals surface area contributed by atoms with Crippen molar-refractivity contribution in [2.75, 3.05) is 12.4 Å². The molecule has 1 amide bonds. The predicted octanol–water partition coefficient (Wildman–Crippen LogP) is 5.08. The van der Waals surface area contributed by atoms with E-state index in [1.807, 2.05) is 30.3 Å². The van der Waals surface area contributed by atoms with Crippen LogP contribution in [0.3, 0.4) is 0 Å². The molecule has 0 bridgehead atoms. The minimum absolute atomic E-state index is 0.253. The number of aryl methyl sites for hydroxylation is 2. The molecule has 0 unspecified atom stereocenters. The smallest absolute Gasteiger partial charge is 0.291 e. The van der Waals surface area contributed by atoms with E-state index in [-0.39, 0.29) is 5.91 Å². The van der Waals surface area contributed by atoms with Crippen LogP contribution in [0.2, 0.25) is 0 Å². The molecule has 0 atom stereocenters. The Hall–Kier alpha value is -3.11. The minimum atomic E-state index is -0.253. The van der Waals surface area contributed by atoms with Crippen LogP contribution in [0.15, 0.2) is 59.0 Å². The summed E-state index contributed by atoms with van der Waals surface area (Å²) in [7, 11) is 1.62. The molecular weight excluding hydrogens is 338 g/mol. The number of carbonyl (C=O) groups is 1. The fourth-order valence-electron chi connectivity index (χ4n) is 4.10. The molecule has 1 heterocycles. The molecular formula is C23H19NO3. The number of furan rings is 1. The number of nitrogens with one attached hydrogen (secondary N) is 1. The molecule has 1 aliphatic carbocycles. The van der Waals surface area contributed by atoms with Gasteiger partial charge in [-0.3, -0.25) is 4.79 Å². The molecule has 0 radical (unpaired) electrons. The molecule has 0 fully saturated rings. The first kappa shape index (κ1) is 16.1. The van der Waals surface area contributed by atoms with Crippen LogP contribution in [0, 0.1) is 0 Å². The average Bonchev–Trinajstić information content (AvgIpc) is 3.28. The zero-order chi connectivity index (χ0) is 18.4. The number of benzene rings is 3. The summed E-state index contributed by atoms with van der Waals surface area (Å²) in [6, 6.07) is 18.0. The summed E-state index contributed by atoms with van der Waals surface area (Å²) >= 11 is 0. The van der Waals surface area contributed by atoms with E-state index in [0.29, 0.717) is 18.0 Å². The van der Waals surface area contributed by atoms with Crippen LogP contribution in [-0.4, -0.2) is 13.0 Å². The van der Waals surface area contributed by atoms with Gasteiger partial charge >= 0.3 is 0 Å². The summed E-state index contributed by atoms with van der Waals surface area (Å²) in [4.78, 5) is 13.0. The molecule has 27 heavy (non-hydrogen) atoms. The van der Waals surface area contributed by atoms with Crippen molar-refractivity contribution in [3.05, 3.63) is 77.0 Å². The fourth-order valence-corrected chi connectivity index (χ4v) is 4.10. The Kier molecular flexibility index (Phi) is 3.73. The van der Waals surface area contributed by atoms with E-state index in [4.69, 9.17) is 9.15 Å². The van der Waals surface area contributed by atoms with Gasteiger partial charge in [-0.25, -0.2) is 0 Å². The van der Waals surface area contributed by atoms with Crippen LogP contribution in [0.1, 0.15) is 27.2 Å². The molecule has 4 heteroatoms. The first-order valence-electron chi connectivity index (χ1n) is 9.10. The summed E-state index contributed by atoms with van der Waals surface area (Å²) in [5, 5.41) is 6.32. The Morgan fingerprint density at radius 3 is 2.63 bits per heavy atom. The van der Waals surface area contributed by atoms with E-state index in [1.54, 1.807) is 7.11 Å². The molecule has 4 nitrogen and oxygen atoms in total. The van der Waals surface area contributed by atoms with Crippen molar-refractivity contribution in [3.63, 3.8) is 0 Å². The highest BCUT2D eigenvalue weighted by Crippen LogP contribution is 2.35. The van der Waals surface area contributed by atoms with Crippen molar-refractivity contribution in [3.8, 4) is 0 Å². The first-order chi connectivity index (χ1) is 13.3. The minimum Gasteiger partial charge on any atom is -0.451 e. The van der Waals surface area contributed by atoms with Crippen molar-refractivity contribution in [2.24, 2.45) is 0 Å². The molecule has 0 aliphatic heterocycles. The van der Waals surface area contributed by atoms with Gasteiger partial charge in [0.05, 0.1) is 6.61 Å². The van der Waals surface area contributed by atoms with E-state index in [2.05, 4.69) is 29.6 Å². The molecule has 5 rings (SSSR count). The van der Waals surface area contributed by atoms with Crippen LogP contribution in [0.5, 0.6) is 0 Å². The Morgan fingerprint density at radius 1 is 1.00 bits per heavy atom. The topological polar surface area (TPSA) is 51.5 Å². The number of carbonyl (C=O) groups excluding carboxylic acids is 1. The molecule has 0 saturated heterocycles. The summed E-state index contributed by atoms with van der Waals surface area (Å²) in [6.07, 6.45) is 2.12. The summed E-state index contributed by atoms with van der Waals surface area (Å²) < 4.78 is 11.2. The quantitative estimate of drug-likeness (QED) is 0.554. The second kappa shape index (κ2) is 6.25. The maximum absolute atomic E-state index is 13.0. The molecule has 1 N–H and O–H groups in total.